The topological polar surface area (TPSA) is 56.8 Å². The van der Waals surface area contributed by atoms with Crippen LogP contribution in [0.3, 0.4) is 0 Å². The number of amides is 1. The second kappa shape index (κ2) is 7.88. The molecule has 5 heteroatoms. The molecule has 0 saturated carbocycles. The highest BCUT2D eigenvalue weighted by molar-refractivity contribution is 5.78. The minimum absolute atomic E-state index is 0.00531. The molecular weight excluding hydrogens is 270 g/mol. The Hall–Kier alpha value is -1.75. The molecule has 2 rings (SSSR count). The van der Waals surface area contributed by atoms with Gasteiger partial charge in [0.15, 0.2) is 18.1 Å². The van der Waals surface area contributed by atoms with Gasteiger partial charge >= 0.3 is 0 Å². The fraction of sp³-hybridized carbons (Fsp3) is 0.562. The fourth-order valence-corrected chi connectivity index (χ4v) is 2.37. The lowest BCUT2D eigenvalue weighted by molar-refractivity contribution is -0.124. The monoisotopic (exact) mass is 293 g/mol. The molecule has 1 aromatic rings. The van der Waals surface area contributed by atoms with Crippen LogP contribution in [0.1, 0.15) is 26.7 Å². The zero-order valence-electron chi connectivity index (χ0n) is 12.6. The summed E-state index contributed by atoms with van der Waals surface area (Å²) in [7, 11) is 0. The second-order valence-corrected chi connectivity index (χ2v) is 5.08. The van der Waals surface area contributed by atoms with Crippen molar-refractivity contribution < 1.29 is 19.0 Å². The Morgan fingerprint density at radius 1 is 1.38 bits per heavy atom. The van der Waals surface area contributed by atoms with Crippen molar-refractivity contribution in [1.82, 2.24) is 5.32 Å². The van der Waals surface area contributed by atoms with Gasteiger partial charge in [-0.25, -0.2) is 0 Å². The zero-order chi connectivity index (χ0) is 15.1. The number of benzene rings is 1. The van der Waals surface area contributed by atoms with Crippen LogP contribution in [-0.4, -0.2) is 37.9 Å². The summed E-state index contributed by atoms with van der Waals surface area (Å²) in [4.78, 5) is 11.9. The number of rotatable bonds is 7. The van der Waals surface area contributed by atoms with Gasteiger partial charge in [-0.1, -0.05) is 12.1 Å². The lowest BCUT2D eigenvalue weighted by Crippen LogP contribution is -2.42. The van der Waals surface area contributed by atoms with Crippen molar-refractivity contribution in [3.63, 3.8) is 0 Å². The second-order valence-electron chi connectivity index (χ2n) is 5.08. The van der Waals surface area contributed by atoms with E-state index in [9.17, 15) is 4.79 Å². The molecule has 5 nitrogen and oxygen atoms in total. The van der Waals surface area contributed by atoms with Crippen LogP contribution in [0, 0.1) is 0 Å². The molecule has 1 N–H and O–H groups in total. The molecule has 0 radical (unpaired) electrons. The van der Waals surface area contributed by atoms with Crippen LogP contribution in [0.5, 0.6) is 11.5 Å². The van der Waals surface area contributed by atoms with Crippen LogP contribution in [0.4, 0.5) is 0 Å². The van der Waals surface area contributed by atoms with Gasteiger partial charge in [0.1, 0.15) is 0 Å². The van der Waals surface area contributed by atoms with Gasteiger partial charge in [0, 0.05) is 6.61 Å². The van der Waals surface area contributed by atoms with Crippen molar-refractivity contribution in [3.05, 3.63) is 24.3 Å². The quantitative estimate of drug-likeness (QED) is 0.837. The van der Waals surface area contributed by atoms with Gasteiger partial charge in [-0.2, -0.15) is 0 Å². The summed E-state index contributed by atoms with van der Waals surface area (Å²) in [6.45, 7) is 5.18. The largest absolute Gasteiger partial charge is 0.490 e. The van der Waals surface area contributed by atoms with Gasteiger partial charge < -0.3 is 19.5 Å². The van der Waals surface area contributed by atoms with Crippen LogP contribution in [0.15, 0.2) is 24.3 Å². The lowest BCUT2D eigenvalue weighted by atomic mass is 10.1. The summed E-state index contributed by atoms with van der Waals surface area (Å²) >= 11 is 0. The SMILES string of the molecule is CCOc1ccccc1OCC(=O)NC(C)C1CCCO1. The minimum atomic E-state index is -0.149. The first-order valence-electron chi connectivity index (χ1n) is 7.46. The Bertz CT molecular complexity index is 457. The molecule has 1 saturated heterocycles. The average Bonchev–Trinajstić information content (AvgIpc) is 3.01. The van der Waals surface area contributed by atoms with Crippen molar-refractivity contribution in [2.24, 2.45) is 0 Å². The van der Waals surface area contributed by atoms with Crippen LogP contribution in [-0.2, 0) is 9.53 Å². The summed E-state index contributed by atoms with van der Waals surface area (Å²) in [5.41, 5.74) is 0. The molecule has 0 aromatic heterocycles. The summed E-state index contributed by atoms with van der Waals surface area (Å²) in [6, 6.07) is 7.35. The van der Waals surface area contributed by atoms with Crippen molar-refractivity contribution >= 4 is 5.91 Å². The minimum Gasteiger partial charge on any atom is -0.490 e. The first-order valence-corrected chi connectivity index (χ1v) is 7.46. The molecule has 1 aliphatic heterocycles. The highest BCUT2D eigenvalue weighted by atomic mass is 16.5. The third kappa shape index (κ3) is 4.63. The number of nitrogens with one attached hydrogen (secondary N) is 1. The third-order valence-corrected chi connectivity index (χ3v) is 3.42. The van der Waals surface area contributed by atoms with E-state index in [2.05, 4.69) is 5.32 Å². The summed E-state index contributed by atoms with van der Waals surface area (Å²) in [5.74, 6) is 1.09. The van der Waals surface area contributed by atoms with Gasteiger partial charge in [0.25, 0.3) is 5.91 Å². The predicted molar refractivity (Wildman–Crippen MR) is 79.7 cm³/mol. The van der Waals surface area contributed by atoms with E-state index >= 15 is 0 Å². The van der Waals surface area contributed by atoms with Crippen LogP contribution < -0.4 is 14.8 Å². The van der Waals surface area contributed by atoms with Crippen molar-refractivity contribution in [1.29, 1.82) is 0 Å². The number of hydrogen-bond donors (Lipinski definition) is 1. The standard InChI is InChI=1S/C16H23NO4/c1-3-19-14-7-4-5-8-15(14)21-11-16(18)17-12(2)13-9-6-10-20-13/h4-5,7-8,12-13H,3,6,9-11H2,1-2H3,(H,17,18). The molecule has 2 atom stereocenters. The van der Waals surface area contributed by atoms with E-state index in [0.717, 1.165) is 19.4 Å². The van der Waals surface area contributed by atoms with E-state index in [1.807, 2.05) is 32.0 Å². The maximum Gasteiger partial charge on any atom is 0.258 e. The summed E-state index contributed by atoms with van der Waals surface area (Å²) in [5, 5.41) is 2.91. The molecule has 1 aliphatic rings. The molecule has 116 valence electrons. The smallest absolute Gasteiger partial charge is 0.258 e. The van der Waals surface area contributed by atoms with Gasteiger partial charge in [-0.3, -0.25) is 4.79 Å². The molecule has 1 amide bonds. The number of carbonyl (C=O) groups excluding carboxylic acids is 1. The molecule has 0 bridgehead atoms. The number of hydrogen-bond acceptors (Lipinski definition) is 4. The van der Waals surface area contributed by atoms with Crippen LogP contribution >= 0.6 is 0 Å². The van der Waals surface area contributed by atoms with E-state index < -0.39 is 0 Å². The van der Waals surface area contributed by atoms with Crippen molar-refractivity contribution in [3.8, 4) is 11.5 Å². The van der Waals surface area contributed by atoms with E-state index in [0.29, 0.717) is 18.1 Å². The molecule has 21 heavy (non-hydrogen) atoms. The van der Waals surface area contributed by atoms with E-state index in [1.165, 1.54) is 0 Å². The lowest BCUT2D eigenvalue weighted by Gasteiger charge is -2.20. The first-order chi connectivity index (χ1) is 10.2. The van der Waals surface area contributed by atoms with Gasteiger partial charge in [0.05, 0.1) is 18.8 Å². The first kappa shape index (κ1) is 15.6. The Morgan fingerprint density at radius 2 is 2.10 bits per heavy atom. The van der Waals surface area contributed by atoms with Crippen LogP contribution in [0.2, 0.25) is 0 Å². The van der Waals surface area contributed by atoms with E-state index in [4.69, 9.17) is 14.2 Å². The molecular formula is C16H23NO4. The molecule has 2 unspecified atom stereocenters. The van der Waals surface area contributed by atoms with Crippen LogP contribution in [0.25, 0.3) is 0 Å². The normalized spacial score (nSPS) is 19.0. The summed E-state index contributed by atoms with van der Waals surface area (Å²) in [6.07, 6.45) is 2.17. The Labute approximate surface area is 125 Å². The number of para-hydroxylation sites is 2. The van der Waals surface area contributed by atoms with Crippen molar-refractivity contribution in [2.75, 3.05) is 19.8 Å². The zero-order valence-corrected chi connectivity index (χ0v) is 12.6. The van der Waals surface area contributed by atoms with Gasteiger partial charge in [0.2, 0.25) is 0 Å². The maximum atomic E-state index is 11.9. The molecule has 0 spiro atoms. The average molecular weight is 293 g/mol. The Balaban J connectivity index is 1.80. The molecule has 1 heterocycles. The Kier molecular flexibility index (Phi) is 5.87. The number of carbonyl (C=O) groups is 1. The van der Waals surface area contributed by atoms with Crippen molar-refractivity contribution in [2.45, 2.75) is 38.8 Å². The maximum absolute atomic E-state index is 11.9. The molecule has 0 aliphatic carbocycles. The molecule has 1 aromatic carbocycles. The fourth-order valence-electron chi connectivity index (χ4n) is 2.37. The highest BCUT2D eigenvalue weighted by Crippen LogP contribution is 2.26. The van der Waals surface area contributed by atoms with Gasteiger partial charge in [-0.15, -0.1) is 0 Å². The predicted octanol–water partition coefficient (Wildman–Crippen LogP) is 2.15. The van der Waals surface area contributed by atoms with E-state index in [-0.39, 0.29) is 24.7 Å². The molecule has 1 fully saturated rings. The third-order valence-electron chi connectivity index (χ3n) is 3.42. The summed E-state index contributed by atoms with van der Waals surface area (Å²) < 4.78 is 16.5. The van der Waals surface area contributed by atoms with E-state index in [1.54, 1.807) is 6.07 Å². The van der Waals surface area contributed by atoms with Gasteiger partial charge in [-0.05, 0) is 38.8 Å². The Morgan fingerprint density at radius 3 is 2.71 bits per heavy atom. The number of ether oxygens (including phenoxy) is 3. The highest BCUT2D eigenvalue weighted by Gasteiger charge is 2.23.